The Kier molecular flexibility index (Phi) is 4.98. The minimum Gasteiger partial charge on any atom is -0.465 e. The second kappa shape index (κ2) is 6.75. The van der Waals surface area contributed by atoms with Crippen molar-refractivity contribution in [3.05, 3.63) is 56.8 Å². The molecule has 116 valence electrons. The molecule has 1 aromatic carbocycles. The Labute approximate surface area is 134 Å². The van der Waals surface area contributed by atoms with Crippen LogP contribution in [0, 0.1) is 13.8 Å². The fourth-order valence-corrected chi connectivity index (χ4v) is 3.37. The molecular formula is C17H19NO3S. The van der Waals surface area contributed by atoms with Crippen molar-refractivity contribution in [1.29, 1.82) is 0 Å². The van der Waals surface area contributed by atoms with E-state index in [-0.39, 0.29) is 11.9 Å². The molecule has 0 unspecified atom stereocenters. The zero-order valence-electron chi connectivity index (χ0n) is 13.1. The number of nitrogens with one attached hydrogen (secondary N) is 1. The fraction of sp³-hybridized carbons (Fsp3) is 0.294. The lowest BCUT2D eigenvalue weighted by atomic mass is 10.1. The van der Waals surface area contributed by atoms with Crippen molar-refractivity contribution < 1.29 is 14.3 Å². The summed E-state index contributed by atoms with van der Waals surface area (Å²) in [6.07, 6.45) is 0. The molecule has 0 fully saturated rings. The van der Waals surface area contributed by atoms with Crippen LogP contribution in [-0.2, 0) is 4.74 Å². The van der Waals surface area contributed by atoms with E-state index in [4.69, 9.17) is 0 Å². The fourth-order valence-electron chi connectivity index (χ4n) is 2.34. The van der Waals surface area contributed by atoms with Gasteiger partial charge in [0.1, 0.15) is 0 Å². The smallest absolute Gasteiger partial charge is 0.337 e. The van der Waals surface area contributed by atoms with Gasteiger partial charge in [-0.3, -0.25) is 4.79 Å². The Morgan fingerprint density at radius 3 is 2.45 bits per heavy atom. The molecular weight excluding hydrogens is 298 g/mol. The van der Waals surface area contributed by atoms with Crippen LogP contribution in [0.1, 0.15) is 49.0 Å². The van der Waals surface area contributed by atoms with E-state index in [0.29, 0.717) is 11.1 Å². The molecule has 0 saturated heterocycles. The van der Waals surface area contributed by atoms with E-state index in [0.717, 1.165) is 5.56 Å². The van der Waals surface area contributed by atoms with Gasteiger partial charge in [-0.25, -0.2) is 4.79 Å². The van der Waals surface area contributed by atoms with Crippen molar-refractivity contribution in [2.45, 2.75) is 26.8 Å². The van der Waals surface area contributed by atoms with E-state index in [1.165, 1.54) is 16.9 Å². The maximum Gasteiger partial charge on any atom is 0.337 e. The van der Waals surface area contributed by atoms with Crippen molar-refractivity contribution in [2.75, 3.05) is 7.11 Å². The molecule has 22 heavy (non-hydrogen) atoms. The number of benzene rings is 1. The van der Waals surface area contributed by atoms with Gasteiger partial charge in [-0.2, -0.15) is 0 Å². The maximum atomic E-state index is 12.3. The van der Waals surface area contributed by atoms with Crippen molar-refractivity contribution in [3.8, 4) is 0 Å². The van der Waals surface area contributed by atoms with E-state index in [1.807, 2.05) is 13.8 Å². The van der Waals surface area contributed by atoms with Gasteiger partial charge in [0.15, 0.2) is 0 Å². The first-order valence-corrected chi connectivity index (χ1v) is 7.80. The summed E-state index contributed by atoms with van der Waals surface area (Å²) < 4.78 is 4.67. The average molecular weight is 317 g/mol. The topological polar surface area (TPSA) is 55.4 Å². The van der Waals surface area contributed by atoms with Gasteiger partial charge in [0.25, 0.3) is 5.91 Å². The highest BCUT2D eigenvalue weighted by atomic mass is 32.1. The van der Waals surface area contributed by atoms with Crippen LogP contribution >= 0.6 is 11.3 Å². The van der Waals surface area contributed by atoms with Crippen LogP contribution in [0.2, 0.25) is 0 Å². The summed E-state index contributed by atoms with van der Waals surface area (Å²) in [5.41, 5.74) is 1.93. The highest BCUT2D eigenvalue weighted by Crippen LogP contribution is 2.26. The minimum absolute atomic E-state index is 0.0840. The zero-order valence-corrected chi connectivity index (χ0v) is 13.9. The van der Waals surface area contributed by atoms with E-state index < -0.39 is 5.97 Å². The van der Waals surface area contributed by atoms with Gasteiger partial charge in [0.05, 0.1) is 18.7 Å². The first-order valence-electron chi connectivity index (χ1n) is 6.98. The third-order valence-corrected chi connectivity index (χ3v) is 4.42. The zero-order chi connectivity index (χ0) is 16.3. The number of thiophene rings is 1. The summed E-state index contributed by atoms with van der Waals surface area (Å²) in [6, 6.07) is 8.53. The minimum atomic E-state index is -0.452. The van der Waals surface area contributed by atoms with Crippen molar-refractivity contribution in [1.82, 2.24) is 5.32 Å². The quantitative estimate of drug-likeness (QED) is 0.876. The molecule has 4 nitrogen and oxygen atoms in total. The molecule has 0 saturated carbocycles. The summed E-state index contributed by atoms with van der Waals surface area (Å²) >= 11 is 1.72. The Balaban J connectivity index is 2.15. The van der Waals surface area contributed by atoms with Crippen LogP contribution in [0.3, 0.4) is 0 Å². The summed E-state index contributed by atoms with van der Waals surface area (Å²) in [5.74, 6) is -0.659. The van der Waals surface area contributed by atoms with Crippen LogP contribution in [-0.4, -0.2) is 19.0 Å². The van der Waals surface area contributed by atoms with Crippen LogP contribution < -0.4 is 5.32 Å². The molecule has 0 aliphatic carbocycles. The molecule has 1 N–H and O–H groups in total. The second-order valence-corrected chi connectivity index (χ2v) is 6.60. The lowest BCUT2D eigenvalue weighted by Gasteiger charge is -2.14. The molecule has 1 amide bonds. The SMILES string of the molecule is COC(=O)c1cccc(C(=O)N[C@@H](C)c2cc(C)sc2C)c1. The van der Waals surface area contributed by atoms with Crippen molar-refractivity contribution >= 4 is 23.2 Å². The van der Waals surface area contributed by atoms with Crippen LogP contribution in [0.4, 0.5) is 0 Å². The number of esters is 1. The number of carbonyl (C=O) groups is 2. The predicted octanol–water partition coefficient (Wildman–Crippen LogP) is 3.64. The third-order valence-electron chi connectivity index (χ3n) is 3.44. The molecule has 0 aliphatic heterocycles. The Bertz CT molecular complexity index is 706. The third kappa shape index (κ3) is 3.54. The van der Waals surface area contributed by atoms with Gasteiger partial charge in [-0.1, -0.05) is 6.07 Å². The number of aryl methyl sites for hydroxylation is 2. The highest BCUT2D eigenvalue weighted by Gasteiger charge is 2.16. The van der Waals surface area contributed by atoms with E-state index in [2.05, 4.69) is 23.0 Å². The first-order chi connectivity index (χ1) is 10.4. The van der Waals surface area contributed by atoms with Crippen LogP contribution in [0.25, 0.3) is 0 Å². The standard InChI is InChI=1S/C17H19NO3S/c1-10-8-15(12(3)22-10)11(2)18-16(19)13-6-5-7-14(9-13)17(20)21-4/h5-9,11H,1-4H3,(H,18,19)/t11-/m0/s1. The first kappa shape index (κ1) is 16.2. The normalized spacial score (nSPS) is 11.8. The summed E-state index contributed by atoms with van der Waals surface area (Å²) in [6.45, 7) is 6.06. The summed E-state index contributed by atoms with van der Waals surface area (Å²) in [7, 11) is 1.32. The molecule has 0 bridgehead atoms. The molecule has 0 spiro atoms. The van der Waals surface area contributed by atoms with Gasteiger partial charge >= 0.3 is 5.97 Å². The molecule has 2 rings (SSSR count). The number of amides is 1. The number of ether oxygens (including phenoxy) is 1. The van der Waals surface area contributed by atoms with Crippen molar-refractivity contribution in [2.24, 2.45) is 0 Å². The number of hydrogen-bond donors (Lipinski definition) is 1. The predicted molar refractivity (Wildman–Crippen MR) is 87.5 cm³/mol. The monoisotopic (exact) mass is 317 g/mol. The number of rotatable bonds is 4. The Morgan fingerprint density at radius 2 is 1.86 bits per heavy atom. The molecule has 1 atom stereocenters. The molecule has 0 aliphatic rings. The molecule has 1 aromatic heterocycles. The van der Waals surface area contributed by atoms with Crippen LogP contribution in [0.5, 0.6) is 0 Å². The van der Waals surface area contributed by atoms with Gasteiger partial charge in [-0.05, 0) is 50.6 Å². The molecule has 1 heterocycles. The highest BCUT2D eigenvalue weighted by molar-refractivity contribution is 7.12. The van der Waals surface area contributed by atoms with Gasteiger partial charge in [0.2, 0.25) is 0 Å². The Morgan fingerprint density at radius 1 is 1.18 bits per heavy atom. The van der Waals surface area contributed by atoms with E-state index in [1.54, 1.807) is 35.6 Å². The summed E-state index contributed by atoms with van der Waals surface area (Å²) in [5, 5.41) is 2.97. The second-order valence-electron chi connectivity index (χ2n) is 5.14. The maximum absolute atomic E-state index is 12.3. The van der Waals surface area contributed by atoms with E-state index >= 15 is 0 Å². The lowest BCUT2D eigenvalue weighted by molar-refractivity contribution is 0.0600. The lowest BCUT2D eigenvalue weighted by Crippen LogP contribution is -2.27. The average Bonchev–Trinajstić information content (AvgIpc) is 2.85. The Hall–Kier alpha value is -2.14. The van der Waals surface area contributed by atoms with Gasteiger partial charge < -0.3 is 10.1 Å². The van der Waals surface area contributed by atoms with Gasteiger partial charge in [0, 0.05) is 15.3 Å². The molecule has 5 heteroatoms. The van der Waals surface area contributed by atoms with E-state index in [9.17, 15) is 9.59 Å². The molecule has 0 radical (unpaired) electrons. The number of hydrogen-bond acceptors (Lipinski definition) is 4. The summed E-state index contributed by atoms with van der Waals surface area (Å²) in [4.78, 5) is 26.3. The number of methoxy groups -OCH3 is 1. The van der Waals surface area contributed by atoms with Gasteiger partial charge in [-0.15, -0.1) is 11.3 Å². The largest absolute Gasteiger partial charge is 0.465 e. The van der Waals surface area contributed by atoms with Crippen LogP contribution in [0.15, 0.2) is 30.3 Å². The molecule has 2 aromatic rings. The number of carbonyl (C=O) groups excluding carboxylic acids is 2. The van der Waals surface area contributed by atoms with Crippen molar-refractivity contribution in [3.63, 3.8) is 0 Å².